The van der Waals surface area contributed by atoms with Crippen molar-refractivity contribution >= 4 is 16.8 Å². The van der Waals surface area contributed by atoms with Gasteiger partial charge in [-0.1, -0.05) is 276 Å². The fourth-order valence-electron chi connectivity index (χ4n) is 14.9. The van der Waals surface area contributed by atoms with Crippen LogP contribution >= 0.6 is 0 Å². The van der Waals surface area contributed by atoms with Gasteiger partial charge in [-0.15, -0.1) is 0 Å². The topological polar surface area (TPSA) is 132 Å². The summed E-state index contributed by atoms with van der Waals surface area (Å²) in [4.78, 5) is 0. The van der Waals surface area contributed by atoms with E-state index in [4.69, 9.17) is 61.6 Å². The van der Waals surface area contributed by atoms with E-state index in [1.165, 1.54) is 89.0 Å². The molecule has 0 saturated carbocycles. The lowest BCUT2D eigenvalue weighted by molar-refractivity contribution is -0.00925. The number of allylic oxidation sites excluding steroid dienone is 6. The van der Waals surface area contributed by atoms with Gasteiger partial charge in [-0.25, -0.2) is 0 Å². The van der Waals surface area contributed by atoms with Crippen molar-refractivity contribution in [1.29, 1.82) is 0 Å². The third-order valence-electron chi connectivity index (χ3n) is 21.6. The first-order valence-electron chi connectivity index (χ1n) is 42.9. The van der Waals surface area contributed by atoms with Crippen LogP contribution in [0, 0.1) is 53.4 Å². The van der Waals surface area contributed by atoms with Gasteiger partial charge in [-0.3, -0.25) is 0 Å². The summed E-state index contributed by atoms with van der Waals surface area (Å²) in [6.45, 7) is 23.8. The highest BCUT2D eigenvalue weighted by atomic mass is 16.6. The zero-order valence-corrected chi connectivity index (χ0v) is 71.9. The first-order valence-corrected chi connectivity index (χ1v) is 42.9. The maximum Gasteiger partial charge on any atom is 0.119 e. The first-order chi connectivity index (χ1) is 60.0. The van der Waals surface area contributed by atoms with Crippen LogP contribution in [-0.4, -0.2) is 152 Å². The molecule has 11 aromatic carbocycles. The summed E-state index contributed by atoms with van der Waals surface area (Å²) in [5, 5.41) is 3.39. The highest BCUT2D eigenvalue weighted by molar-refractivity contribution is 5.81. The number of hydrogen-bond acceptors (Lipinski definition) is 14. The Kier molecular flexibility index (Phi) is 36.2. The van der Waals surface area contributed by atoms with Gasteiger partial charge in [0.2, 0.25) is 0 Å². The summed E-state index contributed by atoms with van der Waals surface area (Å²) in [6, 6.07) is 95.5. The lowest BCUT2D eigenvalue weighted by Gasteiger charge is -2.37. The molecule has 12 rings (SSSR count). The van der Waals surface area contributed by atoms with Crippen molar-refractivity contribution in [2.75, 3.05) is 157 Å². The molecule has 1 N–H and O–H groups in total. The van der Waals surface area contributed by atoms with Gasteiger partial charge in [-0.2, -0.15) is 0 Å². The van der Waals surface area contributed by atoms with Crippen LogP contribution in [0.1, 0.15) is 107 Å². The van der Waals surface area contributed by atoms with E-state index in [-0.39, 0.29) is 0 Å². The van der Waals surface area contributed by atoms with Gasteiger partial charge in [0.15, 0.2) is 0 Å². The molecule has 0 saturated heterocycles. The summed E-state index contributed by atoms with van der Waals surface area (Å²) >= 11 is 0. The second kappa shape index (κ2) is 49.1. The molecule has 0 amide bonds. The van der Waals surface area contributed by atoms with Crippen LogP contribution in [0.5, 0.6) is 23.0 Å². The number of aryl methyl sites for hydroxylation is 7. The van der Waals surface area contributed by atoms with Crippen molar-refractivity contribution in [1.82, 2.24) is 0 Å². The van der Waals surface area contributed by atoms with Gasteiger partial charge in [0, 0.05) is 12.3 Å². The third kappa shape index (κ3) is 27.2. The number of benzene rings is 11. The predicted octanol–water partition coefficient (Wildman–Crippen LogP) is 20.8. The van der Waals surface area contributed by atoms with Crippen molar-refractivity contribution in [3.05, 3.63) is 386 Å². The number of ether oxygens (including phenoxy) is 13. The molecule has 14 heteroatoms. The van der Waals surface area contributed by atoms with Crippen LogP contribution in [0.25, 0.3) is 11.1 Å². The molecule has 0 aliphatic heterocycles. The Bertz CT molecular complexity index is 4800. The summed E-state index contributed by atoms with van der Waals surface area (Å²) in [7, 11) is 0. The van der Waals surface area contributed by atoms with Crippen LogP contribution in [0.2, 0.25) is 0 Å². The van der Waals surface area contributed by atoms with E-state index in [1.54, 1.807) is 0 Å². The molecule has 0 radical (unpaired) electrons. The second-order valence-corrected chi connectivity index (χ2v) is 30.6. The van der Waals surface area contributed by atoms with Gasteiger partial charge in [0.05, 0.1) is 123 Å². The minimum Gasteiger partial charge on any atom is -0.491 e. The molecule has 634 valence electrons. The van der Waals surface area contributed by atoms with E-state index in [0.29, 0.717) is 152 Å². The van der Waals surface area contributed by atoms with E-state index < -0.39 is 10.8 Å². The SMILES string of the molecule is Cc1ccc(C(c2ccc(C)cc2)(c2ccc(C)cc2)c2ccc(OCCOCCOCCOc3ccc(CCCOCCOCCOCCOCCOCC#CCNc4ccc(C5=CC=C(c6ccc(OCCOCCOCCOc7ccc(C(c8ccc(C)cc8)(c8ccc(C)cc8)c8ccc(C)cc8)cc7)cc6)CC=C5)cc4)cc3)cc2)cc1. The number of hydrogen-bond donors (Lipinski definition) is 1. The summed E-state index contributed by atoms with van der Waals surface area (Å²) in [5.41, 5.74) is 22.9. The van der Waals surface area contributed by atoms with Crippen molar-refractivity contribution in [3.63, 3.8) is 0 Å². The molecule has 14 nitrogen and oxygen atoms in total. The molecule has 1 aliphatic carbocycles. The van der Waals surface area contributed by atoms with Gasteiger partial charge < -0.3 is 66.9 Å². The first kappa shape index (κ1) is 90.1. The number of rotatable bonds is 51. The zero-order valence-electron chi connectivity index (χ0n) is 71.9. The van der Waals surface area contributed by atoms with E-state index >= 15 is 0 Å². The van der Waals surface area contributed by atoms with Crippen molar-refractivity contribution < 1.29 is 61.6 Å². The molecule has 0 atom stereocenters. The fraction of sp³-hybridized carbons (Fsp3) is 0.315. The molecule has 0 bridgehead atoms. The van der Waals surface area contributed by atoms with Gasteiger partial charge >= 0.3 is 0 Å². The Morgan fingerprint density at radius 3 is 0.885 bits per heavy atom. The molecule has 0 spiro atoms. The van der Waals surface area contributed by atoms with Gasteiger partial charge in [0.1, 0.15) is 56.0 Å². The average Bonchev–Trinajstić information content (AvgIpc) is 0.748. The Morgan fingerprint density at radius 2 is 0.549 bits per heavy atom. The van der Waals surface area contributed by atoms with Crippen molar-refractivity contribution in [2.45, 2.75) is 71.6 Å². The predicted molar refractivity (Wildman–Crippen MR) is 491 cm³/mol. The van der Waals surface area contributed by atoms with Crippen LogP contribution < -0.4 is 24.3 Å². The van der Waals surface area contributed by atoms with Crippen LogP contribution in [0.3, 0.4) is 0 Å². The number of anilines is 1. The lowest BCUT2D eigenvalue weighted by atomic mass is 9.65. The Labute approximate surface area is 723 Å². The maximum absolute atomic E-state index is 6.16. The molecule has 0 unspecified atom stereocenters. The smallest absolute Gasteiger partial charge is 0.119 e. The summed E-state index contributed by atoms with van der Waals surface area (Å²) in [6.07, 6.45) is 11.5. The van der Waals surface area contributed by atoms with E-state index in [1.807, 2.05) is 24.3 Å². The normalized spacial score (nSPS) is 12.1. The van der Waals surface area contributed by atoms with Gasteiger partial charge in [0.25, 0.3) is 0 Å². The summed E-state index contributed by atoms with van der Waals surface area (Å²) < 4.78 is 76.0. The second-order valence-electron chi connectivity index (χ2n) is 30.6. The van der Waals surface area contributed by atoms with Crippen LogP contribution in [0.15, 0.2) is 291 Å². The lowest BCUT2D eigenvalue weighted by Crippen LogP contribution is -2.31. The Morgan fingerprint density at radius 1 is 0.270 bits per heavy atom. The van der Waals surface area contributed by atoms with E-state index in [2.05, 4.69) is 326 Å². The van der Waals surface area contributed by atoms with Crippen molar-refractivity contribution in [2.24, 2.45) is 0 Å². The van der Waals surface area contributed by atoms with Gasteiger partial charge in [-0.05, 0) is 194 Å². The minimum atomic E-state index is -0.519. The highest BCUT2D eigenvalue weighted by Gasteiger charge is 2.40. The van der Waals surface area contributed by atoms with E-state index in [9.17, 15) is 0 Å². The fourth-order valence-corrected chi connectivity index (χ4v) is 14.9. The molecule has 1 aliphatic rings. The quantitative estimate of drug-likeness (QED) is 0.0220. The van der Waals surface area contributed by atoms with Crippen LogP contribution in [-0.2, 0) is 59.9 Å². The summed E-state index contributed by atoms with van der Waals surface area (Å²) in [5.74, 6) is 9.43. The maximum atomic E-state index is 6.16. The molecule has 122 heavy (non-hydrogen) atoms. The zero-order chi connectivity index (χ0) is 84.5. The molecule has 0 fully saturated rings. The number of nitrogens with one attached hydrogen (secondary N) is 1. The third-order valence-corrected chi connectivity index (χ3v) is 21.6. The Hall–Kier alpha value is -11.2. The molecule has 0 heterocycles. The largest absolute Gasteiger partial charge is 0.491 e. The standard InChI is InChI=1S/C108H119NO13/c1-83-14-34-94(35-15-83)107(95-36-16-84(2)17-37-95,96-38-18-85(3)19-39-96)100-46-56-105(57-47-100)121-81-77-117-73-71-115-75-79-119-103-52-26-89(27-53-103)11-10-62-111-64-66-113-68-70-114-69-67-112-65-63-110-61-8-7-60-109-102-50-30-92(31-51-102)90-12-9-13-91(29-28-90)93-32-54-104(55-33-93)120-80-76-116-72-74-118-78-82-122-106-58-48-101(49-59-106)108(97-40-20-86(4)21-41-97,98-42-22-87(5)23-43-98)99-44-24-88(6)25-45-99/h9,12,14-59,109H,10-11,13,60-82H2,1-6H3. The molecule has 11 aromatic rings. The minimum absolute atomic E-state index is 0.339. The van der Waals surface area contributed by atoms with Crippen LogP contribution in [0.4, 0.5) is 5.69 Å². The Balaban J connectivity index is 0.422. The molecule has 0 aromatic heterocycles. The molecular formula is C108H119NO13. The highest BCUT2D eigenvalue weighted by Crippen LogP contribution is 2.48. The average molecular weight is 1640 g/mol. The monoisotopic (exact) mass is 1640 g/mol. The molecular weight excluding hydrogens is 1520 g/mol. The van der Waals surface area contributed by atoms with Crippen molar-refractivity contribution in [3.8, 4) is 34.8 Å². The van der Waals surface area contributed by atoms with E-state index in [0.717, 1.165) is 64.6 Å².